The van der Waals surface area contributed by atoms with Crippen LogP contribution in [0.2, 0.25) is 0 Å². The molecule has 1 aromatic carbocycles. The predicted octanol–water partition coefficient (Wildman–Crippen LogP) is 0.731. The summed E-state index contributed by atoms with van der Waals surface area (Å²) in [6, 6.07) is 3.13. The van der Waals surface area contributed by atoms with Crippen LogP contribution in [-0.2, 0) is 0 Å². The van der Waals surface area contributed by atoms with E-state index in [1.165, 1.54) is 6.07 Å². The quantitative estimate of drug-likeness (QED) is 0.840. The number of rotatable bonds is 1. The number of hydrogen-bond donors (Lipinski definition) is 1. The standard InChI is InChI=1S/C14H16FN5O/c1-19-4-8-6-20(7-9(8)5-19)14(21)10-2-3-11-13(12(10)15)17-18-16-11/h2-3,8-9H,4-7H2,1H3,(H,16,17,18). The van der Waals surface area contributed by atoms with E-state index >= 15 is 0 Å². The zero-order valence-corrected chi connectivity index (χ0v) is 11.7. The largest absolute Gasteiger partial charge is 0.338 e. The Morgan fingerprint density at radius 3 is 2.67 bits per heavy atom. The summed E-state index contributed by atoms with van der Waals surface area (Å²) < 4.78 is 14.4. The maximum absolute atomic E-state index is 14.4. The molecule has 2 aliphatic heterocycles. The van der Waals surface area contributed by atoms with Gasteiger partial charge in [0.25, 0.3) is 5.91 Å². The number of nitrogens with one attached hydrogen (secondary N) is 1. The minimum absolute atomic E-state index is 0.0877. The molecule has 2 aromatic rings. The van der Waals surface area contributed by atoms with E-state index in [2.05, 4.69) is 27.4 Å². The molecule has 0 aliphatic carbocycles. The number of likely N-dealkylation sites (tertiary alicyclic amines) is 2. The molecule has 2 atom stereocenters. The minimum atomic E-state index is -0.583. The van der Waals surface area contributed by atoms with Gasteiger partial charge in [-0.15, -0.1) is 0 Å². The smallest absolute Gasteiger partial charge is 0.256 e. The zero-order chi connectivity index (χ0) is 14.6. The Balaban J connectivity index is 1.61. The lowest BCUT2D eigenvalue weighted by atomic mass is 10.0. The van der Waals surface area contributed by atoms with Crippen LogP contribution < -0.4 is 0 Å². The Kier molecular flexibility index (Phi) is 2.72. The van der Waals surface area contributed by atoms with Gasteiger partial charge in [-0.2, -0.15) is 15.4 Å². The molecule has 1 amide bonds. The normalized spacial score (nSPS) is 25.7. The highest BCUT2D eigenvalue weighted by Gasteiger charge is 2.41. The first-order valence-corrected chi connectivity index (χ1v) is 7.10. The molecule has 2 fully saturated rings. The molecule has 0 spiro atoms. The number of nitrogens with zero attached hydrogens (tertiary/aromatic N) is 4. The van der Waals surface area contributed by atoms with E-state index in [0.29, 0.717) is 30.4 Å². The molecule has 2 saturated heterocycles. The number of hydrogen-bond acceptors (Lipinski definition) is 4. The fraction of sp³-hybridized carbons (Fsp3) is 0.500. The van der Waals surface area contributed by atoms with Gasteiger partial charge >= 0.3 is 0 Å². The Labute approximate surface area is 120 Å². The van der Waals surface area contributed by atoms with Gasteiger partial charge in [-0.25, -0.2) is 4.39 Å². The zero-order valence-electron chi connectivity index (χ0n) is 11.7. The summed E-state index contributed by atoms with van der Waals surface area (Å²) in [6.45, 7) is 3.45. The summed E-state index contributed by atoms with van der Waals surface area (Å²) in [6.07, 6.45) is 0. The molecular weight excluding hydrogens is 273 g/mol. The van der Waals surface area contributed by atoms with Crippen molar-refractivity contribution in [3.63, 3.8) is 0 Å². The second kappa shape index (κ2) is 4.49. The van der Waals surface area contributed by atoms with Crippen molar-refractivity contribution in [1.82, 2.24) is 25.2 Å². The third-order valence-corrected chi connectivity index (χ3v) is 4.61. The van der Waals surface area contributed by atoms with Crippen LogP contribution in [0, 0.1) is 17.7 Å². The number of aromatic nitrogens is 3. The lowest BCUT2D eigenvalue weighted by molar-refractivity contribution is 0.0771. The number of carbonyl (C=O) groups is 1. The van der Waals surface area contributed by atoms with Crippen molar-refractivity contribution in [3.8, 4) is 0 Å². The van der Waals surface area contributed by atoms with Crippen LogP contribution in [0.25, 0.3) is 11.0 Å². The molecule has 2 aliphatic rings. The second-order valence-electron chi connectivity index (χ2n) is 6.07. The molecule has 110 valence electrons. The van der Waals surface area contributed by atoms with Gasteiger partial charge in [0, 0.05) is 26.2 Å². The molecular formula is C14H16FN5O. The summed E-state index contributed by atoms with van der Waals surface area (Å²) >= 11 is 0. The van der Waals surface area contributed by atoms with Crippen LogP contribution in [0.3, 0.4) is 0 Å². The van der Waals surface area contributed by atoms with Crippen LogP contribution in [0.15, 0.2) is 12.1 Å². The molecule has 4 rings (SSSR count). The minimum Gasteiger partial charge on any atom is -0.338 e. The average molecular weight is 289 g/mol. The van der Waals surface area contributed by atoms with E-state index < -0.39 is 5.82 Å². The Morgan fingerprint density at radius 1 is 1.24 bits per heavy atom. The molecule has 0 saturated carbocycles. The molecule has 3 heterocycles. The number of benzene rings is 1. The highest BCUT2D eigenvalue weighted by molar-refractivity contribution is 5.97. The first kappa shape index (κ1) is 12.7. The van der Waals surface area contributed by atoms with Crippen LogP contribution in [-0.4, -0.2) is 64.3 Å². The first-order chi connectivity index (χ1) is 10.1. The van der Waals surface area contributed by atoms with E-state index in [1.54, 1.807) is 11.0 Å². The third kappa shape index (κ3) is 1.91. The molecule has 1 N–H and O–H groups in total. The van der Waals surface area contributed by atoms with E-state index in [0.717, 1.165) is 13.1 Å². The van der Waals surface area contributed by atoms with Gasteiger partial charge in [-0.1, -0.05) is 0 Å². The van der Waals surface area contributed by atoms with Crippen molar-refractivity contribution in [2.45, 2.75) is 0 Å². The summed E-state index contributed by atoms with van der Waals surface area (Å²) in [4.78, 5) is 16.6. The Hall–Kier alpha value is -2.02. The fourth-order valence-corrected chi connectivity index (χ4v) is 3.61. The summed E-state index contributed by atoms with van der Waals surface area (Å²) in [5.74, 6) is 0.200. The van der Waals surface area contributed by atoms with Crippen LogP contribution >= 0.6 is 0 Å². The number of fused-ring (bicyclic) bond motifs is 2. The lowest BCUT2D eigenvalue weighted by Gasteiger charge is -2.19. The Morgan fingerprint density at radius 2 is 1.95 bits per heavy atom. The molecule has 1 aromatic heterocycles. The van der Waals surface area contributed by atoms with Gasteiger partial charge in [-0.05, 0) is 31.0 Å². The van der Waals surface area contributed by atoms with Gasteiger partial charge in [0.1, 0.15) is 11.0 Å². The molecule has 21 heavy (non-hydrogen) atoms. The number of carbonyl (C=O) groups excluding carboxylic acids is 1. The van der Waals surface area contributed by atoms with Crippen molar-refractivity contribution in [3.05, 3.63) is 23.5 Å². The first-order valence-electron chi connectivity index (χ1n) is 7.10. The van der Waals surface area contributed by atoms with Crippen LogP contribution in [0.4, 0.5) is 4.39 Å². The third-order valence-electron chi connectivity index (χ3n) is 4.61. The number of halogens is 1. The van der Waals surface area contributed by atoms with Gasteiger partial charge in [0.2, 0.25) is 0 Å². The summed E-state index contributed by atoms with van der Waals surface area (Å²) in [5, 5.41) is 9.97. The van der Waals surface area contributed by atoms with Crippen LogP contribution in [0.1, 0.15) is 10.4 Å². The van der Waals surface area contributed by atoms with Crippen molar-refractivity contribution in [1.29, 1.82) is 0 Å². The number of aromatic amines is 1. The highest BCUT2D eigenvalue weighted by Crippen LogP contribution is 2.31. The maximum Gasteiger partial charge on any atom is 0.256 e. The molecule has 2 unspecified atom stereocenters. The average Bonchev–Trinajstić information content (AvgIpc) is 3.11. The van der Waals surface area contributed by atoms with Gasteiger partial charge in [-0.3, -0.25) is 4.79 Å². The Bertz CT molecular complexity index is 700. The lowest BCUT2D eigenvalue weighted by Crippen LogP contribution is -2.32. The second-order valence-corrected chi connectivity index (χ2v) is 6.07. The predicted molar refractivity (Wildman–Crippen MR) is 74.2 cm³/mol. The van der Waals surface area contributed by atoms with Crippen molar-refractivity contribution in [2.75, 3.05) is 33.2 Å². The van der Waals surface area contributed by atoms with Gasteiger partial charge in [0.15, 0.2) is 5.82 Å². The van der Waals surface area contributed by atoms with E-state index in [1.807, 2.05) is 0 Å². The van der Waals surface area contributed by atoms with E-state index in [9.17, 15) is 9.18 Å². The maximum atomic E-state index is 14.4. The van der Waals surface area contributed by atoms with E-state index in [-0.39, 0.29) is 17.0 Å². The van der Waals surface area contributed by atoms with Crippen LogP contribution in [0.5, 0.6) is 0 Å². The topological polar surface area (TPSA) is 65.1 Å². The number of amides is 1. The molecule has 0 radical (unpaired) electrons. The monoisotopic (exact) mass is 289 g/mol. The summed E-state index contributed by atoms with van der Waals surface area (Å²) in [5.41, 5.74) is 0.647. The summed E-state index contributed by atoms with van der Waals surface area (Å²) in [7, 11) is 2.10. The van der Waals surface area contributed by atoms with Crippen molar-refractivity contribution in [2.24, 2.45) is 11.8 Å². The highest BCUT2D eigenvalue weighted by atomic mass is 19.1. The number of H-pyrrole nitrogens is 1. The van der Waals surface area contributed by atoms with Gasteiger partial charge < -0.3 is 9.80 Å². The SMILES string of the molecule is CN1CC2CN(C(=O)c3ccc4n[nH]nc4c3F)CC2C1. The van der Waals surface area contributed by atoms with Crippen molar-refractivity contribution < 1.29 is 9.18 Å². The fourth-order valence-electron chi connectivity index (χ4n) is 3.61. The van der Waals surface area contributed by atoms with E-state index in [4.69, 9.17) is 0 Å². The van der Waals surface area contributed by atoms with Gasteiger partial charge in [0.05, 0.1) is 5.56 Å². The van der Waals surface area contributed by atoms with Crippen molar-refractivity contribution >= 4 is 16.9 Å². The molecule has 0 bridgehead atoms. The molecule has 7 heteroatoms. The molecule has 6 nitrogen and oxygen atoms in total.